The molecule has 0 bridgehead atoms. The molecule has 0 atom stereocenters. The number of hydrogen-bond acceptors (Lipinski definition) is 4. The van der Waals surface area contributed by atoms with Gasteiger partial charge in [0.1, 0.15) is 6.61 Å². The van der Waals surface area contributed by atoms with Crippen LogP contribution >= 0.6 is 11.3 Å². The summed E-state index contributed by atoms with van der Waals surface area (Å²) in [5.74, 6) is -0.284. The van der Waals surface area contributed by atoms with Gasteiger partial charge in [0.25, 0.3) is 5.91 Å². The normalized spacial score (nSPS) is 13.6. The van der Waals surface area contributed by atoms with Crippen molar-refractivity contribution in [1.29, 1.82) is 0 Å². The quantitative estimate of drug-likeness (QED) is 0.798. The topological polar surface area (TPSA) is 67.4 Å². The first-order chi connectivity index (χ1) is 12.2. The van der Waals surface area contributed by atoms with E-state index in [1.165, 1.54) is 36.8 Å². The molecule has 0 spiro atoms. The fraction of sp³-hybridized carbons (Fsp3) is 0.368. The zero-order valence-corrected chi connectivity index (χ0v) is 15.1. The van der Waals surface area contributed by atoms with Gasteiger partial charge >= 0.3 is 0 Å². The van der Waals surface area contributed by atoms with Crippen molar-refractivity contribution < 1.29 is 14.3 Å². The summed E-state index contributed by atoms with van der Waals surface area (Å²) in [4.78, 5) is 26.1. The van der Waals surface area contributed by atoms with Gasteiger partial charge in [-0.1, -0.05) is 6.42 Å². The molecule has 2 aromatic rings. The number of rotatable bonds is 5. The van der Waals surface area contributed by atoms with Gasteiger partial charge in [-0.3, -0.25) is 9.59 Å². The highest BCUT2D eigenvalue weighted by Gasteiger charge is 2.16. The molecule has 1 aromatic carbocycles. The molecule has 0 saturated carbocycles. The first kappa shape index (κ1) is 17.6. The number of fused-ring (bicyclic) bond motifs is 1. The monoisotopic (exact) mass is 358 g/mol. The second-order valence-corrected chi connectivity index (χ2v) is 7.27. The van der Waals surface area contributed by atoms with Gasteiger partial charge in [-0.25, -0.2) is 0 Å². The average Bonchev–Trinajstić information content (AvgIpc) is 2.88. The highest BCUT2D eigenvalue weighted by molar-refractivity contribution is 7.14. The van der Waals surface area contributed by atoms with Crippen LogP contribution in [0.5, 0.6) is 0 Å². The lowest BCUT2D eigenvalue weighted by Crippen LogP contribution is -2.17. The first-order valence-corrected chi connectivity index (χ1v) is 9.29. The number of hydrogen-bond donors (Lipinski definition) is 2. The Morgan fingerprint density at radius 3 is 2.44 bits per heavy atom. The highest BCUT2D eigenvalue weighted by atomic mass is 32.1. The van der Waals surface area contributed by atoms with Crippen molar-refractivity contribution in [1.82, 2.24) is 0 Å². The second kappa shape index (κ2) is 8.27. The summed E-state index contributed by atoms with van der Waals surface area (Å²) >= 11 is 1.61. The molecule has 2 amide bonds. The smallest absolute Gasteiger partial charge is 0.265 e. The van der Waals surface area contributed by atoms with Crippen LogP contribution in [-0.2, 0) is 22.4 Å². The molecule has 1 aliphatic carbocycles. The number of amides is 2. The predicted molar refractivity (Wildman–Crippen MR) is 100 cm³/mol. The molecule has 1 aliphatic rings. The third kappa shape index (κ3) is 4.67. The Hall–Kier alpha value is -2.18. The van der Waals surface area contributed by atoms with Crippen LogP contribution in [0.2, 0.25) is 0 Å². The summed E-state index contributed by atoms with van der Waals surface area (Å²) in [7, 11) is 1.47. The number of carbonyl (C=O) groups is 2. The molecule has 25 heavy (non-hydrogen) atoms. The van der Waals surface area contributed by atoms with Gasteiger partial charge < -0.3 is 15.4 Å². The van der Waals surface area contributed by atoms with Crippen molar-refractivity contribution >= 4 is 34.5 Å². The van der Waals surface area contributed by atoms with E-state index in [2.05, 4.69) is 10.6 Å². The van der Waals surface area contributed by atoms with Crippen LogP contribution in [-0.4, -0.2) is 25.5 Å². The molecule has 132 valence electrons. The molecular formula is C19H22N2O3S. The molecule has 0 fully saturated rings. The number of ether oxygens (including phenoxy) is 1. The van der Waals surface area contributed by atoms with Crippen molar-refractivity contribution in [3.63, 3.8) is 0 Å². The lowest BCUT2D eigenvalue weighted by atomic mass is 10.1. The molecule has 0 radical (unpaired) electrons. The number of thiophene rings is 1. The second-order valence-electron chi connectivity index (χ2n) is 6.13. The lowest BCUT2D eigenvalue weighted by molar-refractivity contribution is -0.119. The van der Waals surface area contributed by atoms with E-state index in [4.69, 9.17) is 4.74 Å². The molecule has 1 aromatic heterocycles. The summed E-state index contributed by atoms with van der Waals surface area (Å²) in [6.45, 7) is 0.0154. The van der Waals surface area contributed by atoms with Crippen molar-refractivity contribution in [2.45, 2.75) is 32.1 Å². The first-order valence-electron chi connectivity index (χ1n) is 8.47. The van der Waals surface area contributed by atoms with Gasteiger partial charge in [-0.15, -0.1) is 11.3 Å². The van der Waals surface area contributed by atoms with Gasteiger partial charge in [0.15, 0.2) is 0 Å². The minimum atomic E-state index is -0.209. The third-order valence-electron chi connectivity index (χ3n) is 4.17. The highest BCUT2D eigenvalue weighted by Crippen LogP contribution is 2.29. The maximum absolute atomic E-state index is 12.5. The molecule has 5 nitrogen and oxygen atoms in total. The van der Waals surface area contributed by atoms with Crippen LogP contribution in [0, 0.1) is 0 Å². The van der Waals surface area contributed by atoms with E-state index in [0.29, 0.717) is 11.4 Å². The molecule has 0 unspecified atom stereocenters. The Bertz CT molecular complexity index is 729. The Balaban J connectivity index is 1.62. The molecule has 0 saturated heterocycles. The van der Waals surface area contributed by atoms with E-state index in [0.717, 1.165) is 17.7 Å². The van der Waals surface area contributed by atoms with E-state index in [1.54, 1.807) is 35.6 Å². The van der Waals surface area contributed by atoms with Gasteiger partial charge in [0.2, 0.25) is 5.91 Å². The van der Waals surface area contributed by atoms with Crippen LogP contribution in [0.15, 0.2) is 30.3 Å². The summed E-state index contributed by atoms with van der Waals surface area (Å²) in [6.07, 6.45) is 5.86. The molecule has 0 aliphatic heterocycles. The molecule has 3 rings (SSSR count). The van der Waals surface area contributed by atoms with Gasteiger partial charge in [-0.05, 0) is 61.6 Å². The van der Waals surface area contributed by atoms with Crippen LogP contribution in [0.1, 0.15) is 39.4 Å². The number of anilines is 2. The molecular weight excluding hydrogens is 336 g/mol. The molecule has 6 heteroatoms. The summed E-state index contributed by atoms with van der Waals surface area (Å²) < 4.78 is 4.78. The van der Waals surface area contributed by atoms with Crippen molar-refractivity contribution in [2.24, 2.45) is 0 Å². The Kier molecular flexibility index (Phi) is 5.83. The fourth-order valence-electron chi connectivity index (χ4n) is 2.94. The SMILES string of the molecule is COCC(=O)Nc1ccc(NC(=O)c2cc3c(s2)CCCCC3)cc1. The predicted octanol–water partition coefficient (Wildman–Crippen LogP) is 3.85. The minimum absolute atomic E-state index is 0.0154. The summed E-state index contributed by atoms with van der Waals surface area (Å²) in [6, 6.07) is 9.11. The zero-order valence-electron chi connectivity index (χ0n) is 14.3. The average molecular weight is 358 g/mol. The number of nitrogens with one attached hydrogen (secondary N) is 2. The largest absolute Gasteiger partial charge is 0.375 e. The van der Waals surface area contributed by atoms with E-state index in [9.17, 15) is 9.59 Å². The van der Waals surface area contributed by atoms with Crippen LogP contribution in [0.3, 0.4) is 0 Å². The van der Waals surface area contributed by atoms with E-state index in [1.807, 2.05) is 6.07 Å². The van der Waals surface area contributed by atoms with Crippen LogP contribution in [0.25, 0.3) is 0 Å². The molecule has 2 N–H and O–H groups in total. The number of carbonyl (C=O) groups excluding carboxylic acids is 2. The number of benzene rings is 1. The summed E-state index contributed by atoms with van der Waals surface area (Å²) in [5.41, 5.74) is 2.71. The minimum Gasteiger partial charge on any atom is -0.375 e. The van der Waals surface area contributed by atoms with Gasteiger partial charge in [0, 0.05) is 23.4 Å². The Morgan fingerprint density at radius 2 is 1.72 bits per heavy atom. The van der Waals surface area contributed by atoms with E-state index in [-0.39, 0.29) is 18.4 Å². The van der Waals surface area contributed by atoms with Crippen molar-refractivity contribution in [3.05, 3.63) is 45.6 Å². The van der Waals surface area contributed by atoms with Crippen LogP contribution in [0.4, 0.5) is 11.4 Å². The Morgan fingerprint density at radius 1 is 1.04 bits per heavy atom. The number of methoxy groups -OCH3 is 1. The lowest BCUT2D eigenvalue weighted by Gasteiger charge is -2.07. The standard InChI is InChI=1S/C19H22N2O3S/c1-24-12-18(22)20-14-7-9-15(10-8-14)21-19(23)17-11-13-5-3-2-4-6-16(13)25-17/h7-11H,2-6,12H2,1H3,(H,20,22)(H,21,23). The maximum atomic E-state index is 12.5. The number of aryl methyl sites for hydroxylation is 2. The van der Waals surface area contributed by atoms with Crippen molar-refractivity contribution in [2.75, 3.05) is 24.4 Å². The third-order valence-corrected chi connectivity index (χ3v) is 5.41. The van der Waals surface area contributed by atoms with Gasteiger partial charge in [-0.2, -0.15) is 0 Å². The maximum Gasteiger partial charge on any atom is 0.265 e. The fourth-order valence-corrected chi connectivity index (χ4v) is 4.09. The Labute approximate surface area is 151 Å². The summed E-state index contributed by atoms with van der Waals surface area (Å²) in [5, 5.41) is 5.64. The van der Waals surface area contributed by atoms with E-state index < -0.39 is 0 Å². The van der Waals surface area contributed by atoms with Gasteiger partial charge in [0.05, 0.1) is 4.88 Å². The van der Waals surface area contributed by atoms with Crippen LogP contribution < -0.4 is 10.6 Å². The van der Waals surface area contributed by atoms with Crippen molar-refractivity contribution in [3.8, 4) is 0 Å². The zero-order chi connectivity index (χ0) is 17.6. The van der Waals surface area contributed by atoms with E-state index >= 15 is 0 Å². The molecule has 1 heterocycles.